The van der Waals surface area contributed by atoms with Crippen molar-refractivity contribution < 1.29 is 19.0 Å². The predicted molar refractivity (Wildman–Crippen MR) is 104 cm³/mol. The quantitative estimate of drug-likeness (QED) is 0.702. The number of esters is 1. The van der Waals surface area contributed by atoms with E-state index in [-0.39, 0.29) is 0 Å². The smallest absolute Gasteiger partial charge is 0.348 e. The molecule has 0 aromatic heterocycles. The Kier molecular flexibility index (Phi) is 6.48. The van der Waals surface area contributed by atoms with Gasteiger partial charge in [0.1, 0.15) is 19.0 Å². The summed E-state index contributed by atoms with van der Waals surface area (Å²) in [6, 6.07) is 17.0. The maximum absolute atomic E-state index is 13.4. The second-order valence-corrected chi connectivity index (χ2v) is 6.40. The van der Waals surface area contributed by atoms with Crippen LogP contribution in [0.3, 0.4) is 0 Å². The van der Waals surface area contributed by atoms with Crippen LogP contribution in [0.15, 0.2) is 54.6 Å². The van der Waals surface area contributed by atoms with Crippen LogP contribution in [-0.4, -0.2) is 50.3 Å². The van der Waals surface area contributed by atoms with Gasteiger partial charge in [0.15, 0.2) is 0 Å². The highest BCUT2D eigenvalue weighted by Gasteiger charge is 2.48. The van der Waals surface area contributed by atoms with Gasteiger partial charge in [-0.1, -0.05) is 62.4 Å². The molecular formula is C22H27NO4. The Balaban J connectivity index is 1.96. The number of ether oxygens (including phenoxy) is 3. The molecule has 0 bridgehead atoms. The summed E-state index contributed by atoms with van der Waals surface area (Å²) in [5.74, 6) is 0.248. The minimum atomic E-state index is -1.32. The molecule has 5 heteroatoms. The van der Waals surface area contributed by atoms with Gasteiger partial charge in [-0.3, -0.25) is 0 Å². The van der Waals surface area contributed by atoms with Gasteiger partial charge in [0.25, 0.3) is 0 Å². The van der Waals surface area contributed by atoms with E-state index in [1.165, 1.54) is 0 Å². The Hall–Kier alpha value is -2.37. The summed E-state index contributed by atoms with van der Waals surface area (Å²) in [6.07, 6.45) is 0. The van der Waals surface area contributed by atoms with Crippen molar-refractivity contribution in [3.05, 3.63) is 65.7 Å². The van der Waals surface area contributed by atoms with Crippen molar-refractivity contribution >= 4 is 5.97 Å². The lowest BCUT2D eigenvalue weighted by molar-refractivity contribution is -0.168. The molecule has 0 fully saturated rings. The normalized spacial score (nSPS) is 19.1. The van der Waals surface area contributed by atoms with Crippen LogP contribution < -0.4 is 4.74 Å². The lowest BCUT2D eigenvalue weighted by Gasteiger charge is -2.31. The molecule has 0 radical (unpaired) electrons. The van der Waals surface area contributed by atoms with Crippen LogP contribution in [0.1, 0.15) is 25.0 Å². The van der Waals surface area contributed by atoms with E-state index in [0.29, 0.717) is 37.7 Å². The van der Waals surface area contributed by atoms with Gasteiger partial charge in [0, 0.05) is 12.1 Å². The largest absolute Gasteiger partial charge is 0.491 e. The van der Waals surface area contributed by atoms with E-state index in [4.69, 9.17) is 14.2 Å². The summed E-state index contributed by atoms with van der Waals surface area (Å²) in [6.45, 7) is 7.74. The zero-order valence-corrected chi connectivity index (χ0v) is 16.0. The molecule has 0 saturated carbocycles. The van der Waals surface area contributed by atoms with Crippen LogP contribution >= 0.6 is 0 Å². The average molecular weight is 369 g/mol. The summed E-state index contributed by atoms with van der Waals surface area (Å²) in [5.41, 5.74) is 0.106. The molecule has 5 nitrogen and oxygen atoms in total. The molecule has 1 heterocycles. The number of carbonyl (C=O) groups excluding carboxylic acids is 1. The molecule has 1 atom stereocenters. The molecule has 144 valence electrons. The summed E-state index contributed by atoms with van der Waals surface area (Å²) in [7, 11) is 0. The molecule has 0 aliphatic carbocycles. The van der Waals surface area contributed by atoms with Crippen LogP contribution in [0.25, 0.3) is 0 Å². The molecule has 3 rings (SSSR count). The standard InChI is InChI=1S/C22H27NO4/c1-3-23(4-2)14-15-26-21(24)22(18-10-6-5-7-11-18)19-12-8-9-13-20(19)25-16-17-27-22/h5-13H,3-4,14-17H2,1-2H3. The minimum absolute atomic E-state index is 0.300. The monoisotopic (exact) mass is 369 g/mol. The fraction of sp³-hybridized carbons (Fsp3) is 0.409. The number of hydrogen-bond acceptors (Lipinski definition) is 5. The highest BCUT2D eigenvalue weighted by Crippen LogP contribution is 2.41. The van der Waals surface area contributed by atoms with E-state index in [1.807, 2.05) is 54.6 Å². The first-order chi connectivity index (χ1) is 13.2. The number of benzene rings is 2. The van der Waals surface area contributed by atoms with Crippen LogP contribution in [0, 0.1) is 0 Å². The predicted octanol–water partition coefficient (Wildman–Crippen LogP) is 3.22. The maximum atomic E-state index is 13.4. The van der Waals surface area contributed by atoms with E-state index in [1.54, 1.807) is 0 Å². The number of fused-ring (bicyclic) bond motifs is 1. The molecule has 27 heavy (non-hydrogen) atoms. The fourth-order valence-electron chi connectivity index (χ4n) is 3.41. The van der Waals surface area contributed by atoms with Crippen molar-refractivity contribution in [3.63, 3.8) is 0 Å². The third kappa shape index (κ3) is 3.99. The Morgan fingerprint density at radius 1 is 1.04 bits per heavy atom. The van der Waals surface area contributed by atoms with E-state index in [9.17, 15) is 4.79 Å². The topological polar surface area (TPSA) is 48.0 Å². The molecule has 1 aliphatic rings. The van der Waals surface area contributed by atoms with Crippen molar-refractivity contribution in [1.82, 2.24) is 4.90 Å². The van der Waals surface area contributed by atoms with Crippen molar-refractivity contribution in [2.24, 2.45) is 0 Å². The number of likely N-dealkylation sites (N-methyl/N-ethyl adjacent to an activating group) is 1. The summed E-state index contributed by atoms with van der Waals surface area (Å²) in [4.78, 5) is 15.6. The molecule has 0 spiro atoms. The second-order valence-electron chi connectivity index (χ2n) is 6.40. The first kappa shape index (κ1) is 19.4. The molecule has 0 N–H and O–H groups in total. The second kappa shape index (κ2) is 9.02. The summed E-state index contributed by atoms with van der Waals surface area (Å²) in [5, 5.41) is 0. The van der Waals surface area contributed by atoms with Crippen LogP contribution in [0.2, 0.25) is 0 Å². The third-order valence-electron chi connectivity index (χ3n) is 4.93. The zero-order chi connectivity index (χ0) is 19.1. The molecule has 1 aliphatic heterocycles. The lowest BCUT2D eigenvalue weighted by atomic mass is 9.85. The number of rotatable bonds is 7. The zero-order valence-electron chi connectivity index (χ0n) is 16.0. The number of carbonyl (C=O) groups is 1. The molecule has 0 amide bonds. The molecule has 2 aromatic carbocycles. The lowest BCUT2D eigenvalue weighted by Crippen LogP contribution is -2.42. The van der Waals surface area contributed by atoms with Gasteiger partial charge >= 0.3 is 5.97 Å². The Morgan fingerprint density at radius 3 is 2.48 bits per heavy atom. The van der Waals surface area contributed by atoms with Crippen molar-refractivity contribution in [2.75, 3.05) is 39.5 Å². The van der Waals surface area contributed by atoms with Gasteiger partial charge in [-0.05, 0) is 24.7 Å². The number of nitrogens with zero attached hydrogens (tertiary/aromatic N) is 1. The molecule has 1 unspecified atom stereocenters. The maximum Gasteiger partial charge on any atom is 0.348 e. The highest BCUT2D eigenvalue weighted by atomic mass is 16.6. The number of hydrogen-bond donors (Lipinski definition) is 0. The van der Waals surface area contributed by atoms with E-state index in [2.05, 4.69) is 18.7 Å². The average Bonchev–Trinajstić information content (AvgIpc) is 2.92. The summed E-state index contributed by atoms with van der Waals surface area (Å²) >= 11 is 0. The van der Waals surface area contributed by atoms with E-state index < -0.39 is 11.6 Å². The fourth-order valence-corrected chi connectivity index (χ4v) is 3.41. The van der Waals surface area contributed by atoms with Gasteiger partial charge in [0.05, 0.1) is 6.61 Å². The highest BCUT2D eigenvalue weighted by molar-refractivity contribution is 5.87. The van der Waals surface area contributed by atoms with Gasteiger partial charge in [0.2, 0.25) is 5.60 Å². The Morgan fingerprint density at radius 2 is 1.74 bits per heavy atom. The molecule has 0 saturated heterocycles. The first-order valence-corrected chi connectivity index (χ1v) is 9.53. The van der Waals surface area contributed by atoms with Gasteiger partial charge in [-0.15, -0.1) is 0 Å². The summed E-state index contributed by atoms with van der Waals surface area (Å²) < 4.78 is 17.7. The SMILES string of the molecule is CCN(CC)CCOC(=O)C1(c2ccccc2)OCCOc2ccccc21. The Labute approximate surface area is 160 Å². The molecule has 2 aromatic rings. The van der Waals surface area contributed by atoms with Crippen molar-refractivity contribution in [3.8, 4) is 5.75 Å². The van der Waals surface area contributed by atoms with Crippen LogP contribution in [0.4, 0.5) is 0 Å². The first-order valence-electron chi connectivity index (χ1n) is 9.53. The van der Waals surface area contributed by atoms with Crippen molar-refractivity contribution in [1.29, 1.82) is 0 Å². The number of para-hydroxylation sites is 1. The van der Waals surface area contributed by atoms with Crippen LogP contribution in [-0.2, 0) is 19.9 Å². The van der Waals surface area contributed by atoms with Gasteiger partial charge in [-0.2, -0.15) is 0 Å². The van der Waals surface area contributed by atoms with E-state index in [0.717, 1.165) is 18.7 Å². The third-order valence-corrected chi connectivity index (χ3v) is 4.93. The van der Waals surface area contributed by atoms with Crippen molar-refractivity contribution in [2.45, 2.75) is 19.4 Å². The van der Waals surface area contributed by atoms with Gasteiger partial charge in [-0.25, -0.2) is 4.79 Å². The Bertz CT molecular complexity index is 745. The van der Waals surface area contributed by atoms with E-state index >= 15 is 0 Å². The molecular weight excluding hydrogens is 342 g/mol. The van der Waals surface area contributed by atoms with Crippen LogP contribution in [0.5, 0.6) is 5.75 Å². The van der Waals surface area contributed by atoms with Gasteiger partial charge < -0.3 is 19.1 Å². The minimum Gasteiger partial charge on any atom is -0.491 e.